The highest BCUT2D eigenvalue weighted by Crippen LogP contribution is 2.47. The van der Waals surface area contributed by atoms with Crippen molar-refractivity contribution in [2.75, 3.05) is 24.7 Å². The van der Waals surface area contributed by atoms with E-state index in [0.29, 0.717) is 27.9 Å². The van der Waals surface area contributed by atoms with Crippen molar-refractivity contribution in [3.05, 3.63) is 28.2 Å². The number of hydrogen-bond donors (Lipinski definition) is 1. The lowest BCUT2D eigenvalue weighted by molar-refractivity contribution is -0.143. The normalized spacial score (nSPS) is 24.5. The van der Waals surface area contributed by atoms with Gasteiger partial charge in [-0.15, -0.1) is 11.8 Å². The number of anilines is 1. The van der Waals surface area contributed by atoms with Gasteiger partial charge in [-0.3, -0.25) is 14.4 Å². The minimum atomic E-state index is -0.526. The predicted molar refractivity (Wildman–Crippen MR) is 103 cm³/mol. The molecule has 0 radical (unpaired) electrons. The van der Waals surface area contributed by atoms with Gasteiger partial charge in [0.05, 0.1) is 27.1 Å². The van der Waals surface area contributed by atoms with Gasteiger partial charge in [0.1, 0.15) is 6.04 Å². The van der Waals surface area contributed by atoms with Crippen LogP contribution in [0.3, 0.4) is 0 Å². The van der Waals surface area contributed by atoms with Crippen LogP contribution in [-0.4, -0.2) is 57.8 Å². The average molecular weight is 416 g/mol. The molecule has 2 heterocycles. The summed E-state index contributed by atoms with van der Waals surface area (Å²) in [7, 11) is 1.55. The number of nitrogens with zero attached hydrogens (tertiary/aromatic N) is 2. The molecule has 0 bridgehead atoms. The molecule has 140 valence electrons. The highest BCUT2D eigenvalue weighted by Gasteiger charge is 2.53. The van der Waals surface area contributed by atoms with Gasteiger partial charge in [-0.2, -0.15) is 0 Å². The summed E-state index contributed by atoms with van der Waals surface area (Å²) in [5, 5.41) is 3.28. The zero-order valence-electron chi connectivity index (χ0n) is 14.4. The number of halogens is 2. The quantitative estimate of drug-likeness (QED) is 0.820. The Morgan fingerprint density at radius 2 is 2.04 bits per heavy atom. The van der Waals surface area contributed by atoms with Crippen molar-refractivity contribution < 1.29 is 14.4 Å². The van der Waals surface area contributed by atoms with E-state index in [1.165, 1.54) is 4.90 Å². The van der Waals surface area contributed by atoms with E-state index in [1.807, 2.05) is 6.92 Å². The lowest BCUT2D eigenvalue weighted by Gasteiger charge is -2.31. The zero-order chi connectivity index (χ0) is 19.1. The molecule has 0 spiro atoms. The summed E-state index contributed by atoms with van der Waals surface area (Å²) in [6.45, 7) is 1.84. The van der Waals surface area contributed by atoms with Gasteiger partial charge in [-0.1, -0.05) is 29.3 Å². The van der Waals surface area contributed by atoms with Gasteiger partial charge in [0.15, 0.2) is 0 Å². The first-order valence-electron chi connectivity index (χ1n) is 8.18. The highest BCUT2D eigenvalue weighted by molar-refractivity contribution is 8.01. The Hall–Kier alpha value is -1.44. The van der Waals surface area contributed by atoms with Gasteiger partial charge in [-0.25, -0.2) is 0 Å². The molecule has 1 N–H and O–H groups in total. The van der Waals surface area contributed by atoms with Gasteiger partial charge in [0.2, 0.25) is 17.7 Å². The van der Waals surface area contributed by atoms with Crippen LogP contribution in [0.25, 0.3) is 0 Å². The smallest absolute Gasteiger partial charge is 0.246 e. The summed E-state index contributed by atoms with van der Waals surface area (Å²) in [6.07, 6.45) is 1.21. The van der Waals surface area contributed by atoms with Crippen molar-refractivity contribution in [1.82, 2.24) is 9.80 Å². The summed E-state index contributed by atoms with van der Waals surface area (Å²) >= 11 is 13.7. The molecule has 2 fully saturated rings. The first-order valence-corrected chi connectivity index (χ1v) is 9.92. The third kappa shape index (κ3) is 3.52. The summed E-state index contributed by atoms with van der Waals surface area (Å²) < 4.78 is 0. The molecule has 2 aliphatic rings. The summed E-state index contributed by atoms with van der Waals surface area (Å²) in [5.74, 6) is -0.103. The maximum absolute atomic E-state index is 12.8. The van der Waals surface area contributed by atoms with Crippen LogP contribution in [0.1, 0.15) is 19.8 Å². The monoisotopic (exact) mass is 415 g/mol. The summed E-state index contributed by atoms with van der Waals surface area (Å²) in [5.41, 5.74) is 0.320. The van der Waals surface area contributed by atoms with E-state index in [0.717, 1.165) is 6.42 Å². The maximum atomic E-state index is 12.8. The minimum absolute atomic E-state index is 0.00319. The molecule has 3 rings (SSSR count). The number of nitrogens with one attached hydrogen (secondary N) is 1. The van der Waals surface area contributed by atoms with Crippen LogP contribution >= 0.6 is 35.0 Å². The number of fused-ring (bicyclic) bond motifs is 1. The number of rotatable bonds is 4. The SMILES string of the molecule is CN(CC(=O)Nc1c(Cl)cccc1Cl)C(=O)[C@H]1CS[C@@]2(C)CCC(=O)N12. The molecule has 0 aromatic heterocycles. The molecule has 0 saturated carbocycles. The van der Waals surface area contributed by atoms with E-state index in [1.54, 1.807) is 41.9 Å². The molecule has 0 aliphatic carbocycles. The fourth-order valence-corrected chi connectivity index (χ4v) is 5.26. The molecule has 3 amide bonds. The number of carbonyl (C=O) groups excluding carboxylic acids is 3. The van der Waals surface area contributed by atoms with Crippen LogP contribution in [-0.2, 0) is 14.4 Å². The second-order valence-electron chi connectivity index (χ2n) is 6.60. The Bertz CT molecular complexity index is 755. The standard InChI is InChI=1S/C17H19Cl2N3O3S/c1-17-7-6-14(24)22(17)12(9-26-17)16(25)21(2)8-13(23)20-15-10(18)4-3-5-11(15)19/h3-5,12H,6-9H2,1-2H3,(H,20,23)/t12-,17+/m1/s1. The Kier molecular flexibility index (Phi) is 5.42. The first kappa shape index (κ1) is 19.3. The molecule has 2 saturated heterocycles. The van der Waals surface area contributed by atoms with Crippen LogP contribution in [0.15, 0.2) is 18.2 Å². The second-order valence-corrected chi connectivity index (χ2v) is 8.92. The van der Waals surface area contributed by atoms with E-state index >= 15 is 0 Å². The van der Waals surface area contributed by atoms with Crippen LogP contribution in [0.4, 0.5) is 5.69 Å². The van der Waals surface area contributed by atoms with Crippen LogP contribution in [0.2, 0.25) is 10.0 Å². The third-order valence-corrected chi connectivity index (χ3v) is 6.85. The van der Waals surface area contributed by atoms with Crippen LogP contribution < -0.4 is 5.32 Å². The Balaban J connectivity index is 1.64. The second kappa shape index (κ2) is 7.29. The molecule has 2 aliphatic heterocycles. The summed E-state index contributed by atoms with van der Waals surface area (Å²) in [4.78, 5) is 39.9. The Morgan fingerprint density at radius 3 is 2.69 bits per heavy atom. The van der Waals surface area contributed by atoms with Crippen molar-refractivity contribution >= 4 is 58.4 Å². The molecule has 6 nitrogen and oxygen atoms in total. The lowest BCUT2D eigenvalue weighted by atomic mass is 10.2. The van der Waals surface area contributed by atoms with E-state index in [4.69, 9.17) is 23.2 Å². The highest BCUT2D eigenvalue weighted by atomic mass is 35.5. The minimum Gasteiger partial charge on any atom is -0.335 e. The summed E-state index contributed by atoms with van der Waals surface area (Å²) in [6, 6.07) is 4.39. The van der Waals surface area contributed by atoms with E-state index in [-0.39, 0.29) is 23.2 Å². The zero-order valence-corrected chi connectivity index (χ0v) is 16.7. The Morgan fingerprint density at radius 1 is 1.38 bits per heavy atom. The van der Waals surface area contributed by atoms with E-state index in [2.05, 4.69) is 5.32 Å². The van der Waals surface area contributed by atoms with Crippen LogP contribution in [0.5, 0.6) is 0 Å². The van der Waals surface area contributed by atoms with Crippen molar-refractivity contribution in [1.29, 1.82) is 0 Å². The molecule has 1 aromatic rings. The Labute approximate surface area is 166 Å². The largest absolute Gasteiger partial charge is 0.335 e. The number of carbonyl (C=O) groups is 3. The maximum Gasteiger partial charge on any atom is 0.246 e. The van der Waals surface area contributed by atoms with E-state index < -0.39 is 11.9 Å². The van der Waals surface area contributed by atoms with Crippen molar-refractivity contribution in [3.8, 4) is 0 Å². The lowest BCUT2D eigenvalue weighted by Crippen LogP contribution is -2.51. The molecular formula is C17H19Cl2N3O3S. The third-order valence-electron chi connectivity index (χ3n) is 4.71. The molecular weight excluding hydrogens is 397 g/mol. The number of thioether (sulfide) groups is 1. The molecule has 2 atom stereocenters. The van der Waals surface area contributed by atoms with Crippen molar-refractivity contribution in [2.24, 2.45) is 0 Å². The topological polar surface area (TPSA) is 69.7 Å². The number of amides is 3. The fraction of sp³-hybridized carbons (Fsp3) is 0.471. The van der Waals surface area contributed by atoms with E-state index in [9.17, 15) is 14.4 Å². The number of likely N-dealkylation sites (N-methyl/N-ethyl adjacent to an activating group) is 1. The van der Waals surface area contributed by atoms with Gasteiger partial charge < -0.3 is 15.1 Å². The fourth-order valence-electron chi connectivity index (χ4n) is 3.35. The predicted octanol–water partition coefficient (Wildman–Crippen LogP) is 2.84. The van der Waals surface area contributed by atoms with Gasteiger partial charge >= 0.3 is 0 Å². The van der Waals surface area contributed by atoms with Gasteiger partial charge in [0.25, 0.3) is 0 Å². The van der Waals surface area contributed by atoms with Gasteiger partial charge in [0, 0.05) is 19.2 Å². The van der Waals surface area contributed by atoms with Crippen molar-refractivity contribution in [3.63, 3.8) is 0 Å². The van der Waals surface area contributed by atoms with Gasteiger partial charge in [-0.05, 0) is 25.5 Å². The first-order chi connectivity index (χ1) is 12.2. The van der Waals surface area contributed by atoms with Crippen molar-refractivity contribution in [2.45, 2.75) is 30.7 Å². The van der Waals surface area contributed by atoms with Crippen LogP contribution in [0, 0.1) is 0 Å². The number of hydrogen-bond acceptors (Lipinski definition) is 4. The molecule has 9 heteroatoms. The number of para-hydroxylation sites is 1. The molecule has 26 heavy (non-hydrogen) atoms. The molecule has 0 unspecified atom stereocenters. The number of benzene rings is 1. The average Bonchev–Trinajstić information content (AvgIpc) is 3.07. The molecule has 1 aromatic carbocycles.